The van der Waals surface area contributed by atoms with E-state index in [9.17, 15) is 13.2 Å². The van der Waals surface area contributed by atoms with E-state index in [1.165, 1.54) is 12.3 Å². The summed E-state index contributed by atoms with van der Waals surface area (Å²) in [5.41, 5.74) is 1.94. The molecule has 0 aromatic carbocycles. The van der Waals surface area contributed by atoms with E-state index in [1.54, 1.807) is 17.4 Å². The summed E-state index contributed by atoms with van der Waals surface area (Å²) < 4.78 is 40.9. The van der Waals surface area contributed by atoms with Gasteiger partial charge < -0.3 is 15.4 Å². The first-order valence-corrected chi connectivity index (χ1v) is 8.58. The number of nitrogens with zero attached hydrogens (tertiary/aromatic N) is 2. The van der Waals surface area contributed by atoms with Gasteiger partial charge in [0.15, 0.2) is 12.6 Å². The molecule has 26 heavy (non-hydrogen) atoms. The van der Waals surface area contributed by atoms with Gasteiger partial charge in [0.1, 0.15) is 0 Å². The van der Waals surface area contributed by atoms with Crippen LogP contribution in [0.2, 0.25) is 0 Å². The highest BCUT2D eigenvalue weighted by Gasteiger charge is 2.28. The van der Waals surface area contributed by atoms with E-state index in [0.29, 0.717) is 19.0 Å². The van der Waals surface area contributed by atoms with Crippen molar-refractivity contribution in [3.63, 3.8) is 0 Å². The number of guanidine groups is 1. The number of pyridine rings is 1. The first-order valence-electron chi connectivity index (χ1n) is 7.64. The van der Waals surface area contributed by atoms with Crippen LogP contribution in [0.25, 0.3) is 0 Å². The molecule has 0 unspecified atom stereocenters. The lowest BCUT2D eigenvalue weighted by Gasteiger charge is -2.12. The molecule has 0 amide bonds. The minimum atomic E-state index is -4.37. The van der Waals surface area contributed by atoms with Crippen molar-refractivity contribution < 1.29 is 17.9 Å². The fourth-order valence-electron chi connectivity index (χ4n) is 1.84. The van der Waals surface area contributed by atoms with Crippen LogP contribution in [-0.4, -0.2) is 30.3 Å². The summed E-state index contributed by atoms with van der Waals surface area (Å²) in [6, 6.07) is 5.09. The van der Waals surface area contributed by atoms with Gasteiger partial charge in [-0.05, 0) is 34.9 Å². The molecule has 0 fully saturated rings. The topological polar surface area (TPSA) is 58.5 Å². The Kier molecular flexibility index (Phi) is 9.70. The zero-order valence-corrected chi connectivity index (χ0v) is 17.2. The molecule has 0 saturated heterocycles. The molecule has 0 radical (unpaired) electrons. The number of alkyl halides is 3. The molecule has 0 aliphatic rings. The van der Waals surface area contributed by atoms with Gasteiger partial charge in [-0.15, -0.1) is 24.0 Å². The molecule has 5 nitrogen and oxygen atoms in total. The normalized spacial score (nSPS) is 11.6. The lowest BCUT2D eigenvalue weighted by molar-refractivity contribution is -0.154. The van der Waals surface area contributed by atoms with Crippen LogP contribution in [0.5, 0.6) is 5.88 Å². The Labute approximate surface area is 171 Å². The van der Waals surface area contributed by atoms with Crippen molar-refractivity contribution in [2.45, 2.75) is 26.2 Å². The van der Waals surface area contributed by atoms with E-state index in [4.69, 9.17) is 0 Å². The molecule has 144 valence electrons. The van der Waals surface area contributed by atoms with E-state index < -0.39 is 12.8 Å². The summed E-state index contributed by atoms with van der Waals surface area (Å²) in [6.45, 7) is 2.36. The summed E-state index contributed by atoms with van der Waals surface area (Å²) in [5, 5.41) is 10.3. The lowest BCUT2D eigenvalue weighted by atomic mass is 10.3. The zero-order chi connectivity index (χ0) is 18.1. The van der Waals surface area contributed by atoms with Crippen LogP contribution in [0, 0.1) is 0 Å². The molecule has 0 saturated carbocycles. The number of halogens is 4. The van der Waals surface area contributed by atoms with Crippen molar-refractivity contribution in [2.24, 2.45) is 4.99 Å². The fourth-order valence-corrected chi connectivity index (χ4v) is 2.50. The van der Waals surface area contributed by atoms with Gasteiger partial charge in [-0.1, -0.05) is 6.07 Å². The second-order valence-corrected chi connectivity index (χ2v) is 5.87. The van der Waals surface area contributed by atoms with Crippen LogP contribution < -0.4 is 15.4 Å². The predicted octanol–water partition coefficient (Wildman–Crippen LogP) is 3.96. The van der Waals surface area contributed by atoms with Gasteiger partial charge in [0.05, 0.1) is 6.54 Å². The minimum Gasteiger partial charge on any atom is -0.468 e. The standard InChI is InChI=1S/C16H19F3N4OS.HI/c1-2-20-15(23-9-13-5-6-25-10-13)22-8-12-3-4-14(21-7-12)24-11-16(17,18)19;/h3-7,10H,2,8-9,11H2,1H3,(H2,20,22,23);1H. The molecule has 10 heteroatoms. The molecule has 2 heterocycles. The van der Waals surface area contributed by atoms with Crippen LogP contribution in [0.15, 0.2) is 40.1 Å². The van der Waals surface area contributed by atoms with Crippen molar-refractivity contribution in [3.8, 4) is 5.88 Å². The van der Waals surface area contributed by atoms with Gasteiger partial charge in [-0.3, -0.25) is 0 Å². The quantitative estimate of drug-likeness (QED) is 0.344. The minimum absolute atomic E-state index is 0. The van der Waals surface area contributed by atoms with E-state index >= 15 is 0 Å². The van der Waals surface area contributed by atoms with Gasteiger partial charge in [0.25, 0.3) is 0 Å². The average molecular weight is 500 g/mol. The number of aromatic nitrogens is 1. The number of ether oxygens (including phenoxy) is 1. The maximum atomic E-state index is 12.1. The van der Waals surface area contributed by atoms with Gasteiger partial charge >= 0.3 is 6.18 Å². The largest absolute Gasteiger partial charge is 0.468 e. The molecule has 2 N–H and O–H groups in total. The van der Waals surface area contributed by atoms with Gasteiger partial charge in [-0.25, -0.2) is 9.98 Å². The number of thiophene rings is 1. The van der Waals surface area contributed by atoms with E-state index in [2.05, 4.69) is 25.3 Å². The van der Waals surface area contributed by atoms with Crippen molar-refractivity contribution in [3.05, 3.63) is 46.3 Å². The number of aliphatic imine (C=N–C) groups is 1. The SMILES string of the molecule is CCNC(=NCc1ccsc1)NCc1ccc(OCC(F)(F)F)nc1.I. The highest BCUT2D eigenvalue weighted by molar-refractivity contribution is 14.0. The van der Waals surface area contributed by atoms with Crippen molar-refractivity contribution in [2.75, 3.05) is 13.2 Å². The molecule has 2 aromatic rings. The Morgan fingerprint density at radius 2 is 2.04 bits per heavy atom. The summed E-state index contributed by atoms with van der Waals surface area (Å²) in [5.74, 6) is 0.602. The molecular weight excluding hydrogens is 480 g/mol. The van der Waals surface area contributed by atoms with Gasteiger partial charge in [0.2, 0.25) is 5.88 Å². The molecule has 0 bridgehead atoms. The Bertz CT molecular complexity index is 663. The summed E-state index contributed by atoms with van der Waals surface area (Å²) in [6.07, 6.45) is -2.90. The number of rotatable bonds is 7. The third-order valence-electron chi connectivity index (χ3n) is 2.99. The Hall–Kier alpha value is -1.56. The number of hydrogen-bond acceptors (Lipinski definition) is 4. The van der Waals surface area contributed by atoms with Crippen LogP contribution in [0.4, 0.5) is 13.2 Å². The second kappa shape index (κ2) is 11.2. The van der Waals surface area contributed by atoms with Gasteiger partial charge in [-0.2, -0.15) is 24.5 Å². The second-order valence-electron chi connectivity index (χ2n) is 5.09. The first-order chi connectivity index (χ1) is 12.0. The summed E-state index contributed by atoms with van der Waals surface area (Å²) >= 11 is 1.62. The van der Waals surface area contributed by atoms with E-state index in [0.717, 1.165) is 17.7 Å². The first kappa shape index (κ1) is 22.5. The highest BCUT2D eigenvalue weighted by Crippen LogP contribution is 2.17. The van der Waals surface area contributed by atoms with Crippen molar-refractivity contribution in [1.29, 1.82) is 0 Å². The Morgan fingerprint density at radius 3 is 2.62 bits per heavy atom. The Balaban J connectivity index is 0.00000338. The molecular formula is C16H20F3IN4OS. The van der Waals surface area contributed by atoms with Crippen molar-refractivity contribution >= 4 is 41.3 Å². The smallest absolute Gasteiger partial charge is 0.422 e. The van der Waals surface area contributed by atoms with Crippen LogP contribution in [0.1, 0.15) is 18.1 Å². The third-order valence-corrected chi connectivity index (χ3v) is 3.72. The van der Waals surface area contributed by atoms with Crippen LogP contribution in [0.3, 0.4) is 0 Å². The predicted molar refractivity (Wildman–Crippen MR) is 107 cm³/mol. The average Bonchev–Trinajstić information content (AvgIpc) is 3.09. The Morgan fingerprint density at radius 1 is 1.23 bits per heavy atom. The molecule has 0 atom stereocenters. The molecule has 0 aliphatic heterocycles. The van der Waals surface area contributed by atoms with E-state index in [1.807, 2.05) is 23.8 Å². The lowest BCUT2D eigenvalue weighted by Crippen LogP contribution is -2.36. The van der Waals surface area contributed by atoms with E-state index in [-0.39, 0.29) is 29.9 Å². The fraction of sp³-hybridized carbons (Fsp3) is 0.375. The molecule has 0 aliphatic carbocycles. The molecule has 0 spiro atoms. The van der Waals surface area contributed by atoms with Crippen LogP contribution >= 0.6 is 35.3 Å². The maximum Gasteiger partial charge on any atom is 0.422 e. The zero-order valence-electron chi connectivity index (χ0n) is 14.0. The summed E-state index contributed by atoms with van der Waals surface area (Å²) in [4.78, 5) is 8.35. The molecule has 2 aromatic heterocycles. The van der Waals surface area contributed by atoms with Crippen molar-refractivity contribution in [1.82, 2.24) is 15.6 Å². The summed E-state index contributed by atoms with van der Waals surface area (Å²) in [7, 11) is 0. The maximum absolute atomic E-state index is 12.1. The molecule has 2 rings (SSSR count). The number of hydrogen-bond donors (Lipinski definition) is 2. The highest BCUT2D eigenvalue weighted by atomic mass is 127. The van der Waals surface area contributed by atoms with Crippen LogP contribution in [-0.2, 0) is 13.1 Å². The van der Waals surface area contributed by atoms with Gasteiger partial charge in [0, 0.05) is 25.4 Å². The monoisotopic (exact) mass is 500 g/mol. The number of nitrogens with one attached hydrogen (secondary N) is 2. The third kappa shape index (κ3) is 8.70.